The van der Waals surface area contributed by atoms with E-state index in [9.17, 15) is 5.11 Å². The normalized spacial score (nSPS) is 11.9. The van der Waals surface area contributed by atoms with Gasteiger partial charge in [-0.3, -0.25) is 0 Å². The number of nitrogens with zero attached hydrogens (tertiary/aromatic N) is 1. The number of halogens is 1. The molecule has 0 amide bonds. The Morgan fingerprint density at radius 3 is 2.73 bits per heavy atom. The van der Waals surface area contributed by atoms with Crippen LogP contribution in [0.4, 0.5) is 5.69 Å². The standard InChI is InChI=1S/C12H14BrNO/c1-4-7-14(3)12-6-5-10(9(2)15)8-11(12)13/h1,5-6,8-9,15H,7H2,2-3H3/t9-/m0/s1. The zero-order valence-corrected chi connectivity index (χ0v) is 10.5. The molecule has 1 atom stereocenters. The van der Waals surface area contributed by atoms with E-state index in [4.69, 9.17) is 6.42 Å². The summed E-state index contributed by atoms with van der Waals surface area (Å²) in [5, 5.41) is 9.41. The van der Waals surface area contributed by atoms with E-state index in [-0.39, 0.29) is 0 Å². The number of aliphatic hydroxyl groups excluding tert-OH is 1. The van der Waals surface area contributed by atoms with Gasteiger partial charge in [-0.1, -0.05) is 12.0 Å². The first-order chi connectivity index (χ1) is 7.06. The average molecular weight is 268 g/mol. The van der Waals surface area contributed by atoms with E-state index in [1.807, 2.05) is 30.1 Å². The number of benzene rings is 1. The largest absolute Gasteiger partial charge is 0.389 e. The third-order valence-electron chi connectivity index (χ3n) is 2.19. The van der Waals surface area contributed by atoms with Crippen molar-refractivity contribution in [2.75, 3.05) is 18.5 Å². The maximum atomic E-state index is 9.41. The molecule has 15 heavy (non-hydrogen) atoms. The Morgan fingerprint density at radius 1 is 1.60 bits per heavy atom. The third kappa shape index (κ3) is 2.98. The van der Waals surface area contributed by atoms with Gasteiger partial charge in [0.05, 0.1) is 18.3 Å². The quantitative estimate of drug-likeness (QED) is 0.852. The smallest absolute Gasteiger partial charge is 0.0788 e. The lowest BCUT2D eigenvalue weighted by Gasteiger charge is -2.19. The summed E-state index contributed by atoms with van der Waals surface area (Å²) >= 11 is 3.46. The maximum absolute atomic E-state index is 9.41. The average Bonchev–Trinajstić information content (AvgIpc) is 2.17. The van der Waals surface area contributed by atoms with Gasteiger partial charge in [0.2, 0.25) is 0 Å². The zero-order chi connectivity index (χ0) is 11.4. The van der Waals surface area contributed by atoms with E-state index in [0.717, 1.165) is 15.7 Å². The molecule has 0 radical (unpaired) electrons. The van der Waals surface area contributed by atoms with Crippen LogP contribution in [0.2, 0.25) is 0 Å². The van der Waals surface area contributed by atoms with Gasteiger partial charge >= 0.3 is 0 Å². The van der Waals surface area contributed by atoms with Crippen LogP contribution in [0, 0.1) is 12.3 Å². The molecule has 1 rings (SSSR count). The molecule has 0 aliphatic heterocycles. The molecule has 1 N–H and O–H groups in total. The first-order valence-electron chi connectivity index (χ1n) is 4.68. The highest BCUT2D eigenvalue weighted by Crippen LogP contribution is 2.28. The molecule has 0 saturated carbocycles. The molecule has 1 aromatic rings. The van der Waals surface area contributed by atoms with Crippen LogP contribution in [-0.4, -0.2) is 18.7 Å². The van der Waals surface area contributed by atoms with Crippen molar-refractivity contribution >= 4 is 21.6 Å². The summed E-state index contributed by atoms with van der Waals surface area (Å²) < 4.78 is 0.943. The Kier molecular flexibility index (Phi) is 4.19. The molecule has 0 aromatic heterocycles. The second kappa shape index (κ2) is 5.20. The molecule has 0 heterocycles. The second-order valence-corrected chi connectivity index (χ2v) is 4.30. The van der Waals surface area contributed by atoms with Crippen LogP contribution in [0.5, 0.6) is 0 Å². The first kappa shape index (κ1) is 12.1. The van der Waals surface area contributed by atoms with E-state index >= 15 is 0 Å². The van der Waals surface area contributed by atoms with Crippen LogP contribution in [0.1, 0.15) is 18.6 Å². The lowest BCUT2D eigenvalue weighted by molar-refractivity contribution is 0.199. The summed E-state index contributed by atoms with van der Waals surface area (Å²) in [4.78, 5) is 1.97. The fourth-order valence-electron chi connectivity index (χ4n) is 1.31. The molecule has 0 spiro atoms. The summed E-state index contributed by atoms with van der Waals surface area (Å²) in [5.74, 6) is 2.59. The molecular weight excluding hydrogens is 254 g/mol. The fourth-order valence-corrected chi connectivity index (χ4v) is 2.01. The number of terminal acetylenes is 1. The van der Waals surface area contributed by atoms with Crippen LogP contribution in [0.3, 0.4) is 0 Å². The lowest BCUT2D eigenvalue weighted by atomic mass is 10.1. The first-order valence-corrected chi connectivity index (χ1v) is 5.47. The topological polar surface area (TPSA) is 23.5 Å². The molecule has 0 aliphatic carbocycles. The van der Waals surface area contributed by atoms with Crippen molar-refractivity contribution in [3.63, 3.8) is 0 Å². The van der Waals surface area contributed by atoms with Crippen molar-refractivity contribution in [2.45, 2.75) is 13.0 Å². The predicted octanol–water partition coefficient (Wildman–Crippen LogP) is 2.57. The minimum atomic E-state index is -0.451. The Hall–Kier alpha value is -0.980. The van der Waals surface area contributed by atoms with Crippen molar-refractivity contribution in [2.24, 2.45) is 0 Å². The van der Waals surface area contributed by atoms with Crippen LogP contribution < -0.4 is 4.90 Å². The number of rotatable bonds is 3. The highest BCUT2D eigenvalue weighted by atomic mass is 79.9. The van der Waals surface area contributed by atoms with Gasteiger partial charge in [0, 0.05) is 11.5 Å². The fraction of sp³-hybridized carbons (Fsp3) is 0.333. The summed E-state index contributed by atoms with van der Waals surface area (Å²) in [5.41, 5.74) is 1.91. The van der Waals surface area contributed by atoms with Crippen molar-refractivity contribution in [1.29, 1.82) is 0 Å². The van der Waals surface area contributed by atoms with Gasteiger partial charge in [0.1, 0.15) is 0 Å². The van der Waals surface area contributed by atoms with E-state index in [2.05, 4.69) is 21.9 Å². The highest BCUT2D eigenvalue weighted by molar-refractivity contribution is 9.10. The summed E-state index contributed by atoms with van der Waals surface area (Å²) in [6.45, 7) is 2.30. The van der Waals surface area contributed by atoms with E-state index < -0.39 is 6.10 Å². The predicted molar refractivity (Wildman–Crippen MR) is 66.9 cm³/mol. The van der Waals surface area contributed by atoms with Gasteiger partial charge in [0.15, 0.2) is 0 Å². The Bertz CT molecular complexity index is 382. The van der Waals surface area contributed by atoms with Crippen LogP contribution in [0.25, 0.3) is 0 Å². The van der Waals surface area contributed by atoms with Crippen LogP contribution >= 0.6 is 15.9 Å². The van der Waals surface area contributed by atoms with E-state index in [1.54, 1.807) is 6.92 Å². The molecule has 2 nitrogen and oxygen atoms in total. The highest BCUT2D eigenvalue weighted by Gasteiger charge is 2.07. The molecule has 0 fully saturated rings. The van der Waals surface area contributed by atoms with Gasteiger partial charge in [0.25, 0.3) is 0 Å². The lowest BCUT2D eigenvalue weighted by Crippen LogP contribution is -2.17. The number of aliphatic hydroxyl groups is 1. The van der Waals surface area contributed by atoms with Crippen LogP contribution in [0.15, 0.2) is 22.7 Å². The van der Waals surface area contributed by atoms with Crippen molar-refractivity contribution in [3.05, 3.63) is 28.2 Å². The Labute approximate surface area is 99.0 Å². The molecule has 3 heteroatoms. The molecule has 0 aliphatic rings. The Morgan fingerprint density at radius 2 is 2.27 bits per heavy atom. The van der Waals surface area contributed by atoms with Gasteiger partial charge in [-0.05, 0) is 40.5 Å². The number of hydrogen-bond donors (Lipinski definition) is 1. The van der Waals surface area contributed by atoms with Gasteiger partial charge in [-0.2, -0.15) is 0 Å². The Balaban J connectivity index is 2.98. The van der Waals surface area contributed by atoms with Gasteiger partial charge in [-0.15, -0.1) is 6.42 Å². The minimum Gasteiger partial charge on any atom is -0.389 e. The van der Waals surface area contributed by atoms with Crippen molar-refractivity contribution < 1.29 is 5.11 Å². The second-order valence-electron chi connectivity index (χ2n) is 3.45. The zero-order valence-electron chi connectivity index (χ0n) is 8.87. The van der Waals surface area contributed by atoms with Crippen molar-refractivity contribution in [3.8, 4) is 12.3 Å². The summed E-state index contributed by atoms with van der Waals surface area (Å²) in [6.07, 6.45) is 4.80. The minimum absolute atomic E-state index is 0.451. The summed E-state index contributed by atoms with van der Waals surface area (Å²) in [6, 6.07) is 5.76. The third-order valence-corrected chi connectivity index (χ3v) is 2.83. The monoisotopic (exact) mass is 267 g/mol. The molecular formula is C12H14BrNO. The summed E-state index contributed by atoms with van der Waals surface area (Å²) in [7, 11) is 1.93. The SMILES string of the molecule is C#CCN(C)c1ccc([C@H](C)O)cc1Br. The number of hydrogen-bond acceptors (Lipinski definition) is 2. The van der Waals surface area contributed by atoms with Gasteiger partial charge in [-0.25, -0.2) is 0 Å². The maximum Gasteiger partial charge on any atom is 0.0788 e. The molecule has 80 valence electrons. The molecule has 0 bridgehead atoms. The van der Waals surface area contributed by atoms with E-state index in [1.165, 1.54) is 0 Å². The molecule has 0 saturated heterocycles. The van der Waals surface area contributed by atoms with Gasteiger partial charge < -0.3 is 10.0 Å². The van der Waals surface area contributed by atoms with E-state index in [0.29, 0.717) is 6.54 Å². The molecule has 0 unspecified atom stereocenters. The van der Waals surface area contributed by atoms with Crippen LogP contribution in [-0.2, 0) is 0 Å². The van der Waals surface area contributed by atoms with Crippen molar-refractivity contribution in [1.82, 2.24) is 0 Å². The number of anilines is 1. The molecule has 1 aromatic carbocycles.